The number of aromatic nitrogens is 2. The van der Waals surface area contributed by atoms with E-state index in [4.69, 9.17) is 11.5 Å². The van der Waals surface area contributed by atoms with Crippen molar-refractivity contribution >= 4 is 17.5 Å². The van der Waals surface area contributed by atoms with Crippen LogP contribution in [0.4, 0.5) is 11.6 Å². The molecule has 13 heavy (non-hydrogen) atoms. The summed E-state index contributed by atoms with van der Waals surface area (Å²) >= 11 is 0. The third-order valence-corrected chi connectivity index (χ3v) is 1.59. The van der Waals surface area contributed by atoms with Crippen LogP contribution in [0.25, 0.3) is 0 Å². The van der Waals surface area contributed by atoms with E-state index in [-0.39, 0.29) is 17.4 Å². The van der Waals surface area contributed by atoms with Gasteiger partial charge >= 0.3 is 0 Å². The van der Waals surface area contributed by atoms with E-state index in [0.29, 0.717) is 5.82 Å². The topological polar surface area (TPSA) is 119 Å². The van der Waals surface area contributed by atoms with Crippen LogP contribution in [0.5, 0.6) is 0 Å². The largest absolute Gasteiger partial charge is 0.382 e. The number of nitrogens with two attached hydrogens (primary N) is 2. The molecule has 1 atom stereocenters. The number of amides is 1. The number of carbonyl (C=O) groups is 1. The summed E-state index contributed by atoms with van der Waals surface area (Å²) in [5.41, 5.74) is 11.0. The molecule has 1 amide bonds. The van der Waals surface area contributed by atoms with Gasteiger partial charge in [0, 0.05) is 0 Å². The molecule has 0 aliphatic carbocycles. The lowest BCUT2D eigenvalue weighted by Gasteiger charge is -2.22. The molecule has 1 aromatic rings. The fourth-order valence-electron chi connectivity index (χ4n) is 1.06. The SMILES string of the molecule is Nc1cnc2c(n1)C(=O)NC(N)N2. The van der Waals surface area contributed by atoms with E-state index >= 15 is 0 Å². The Morgan fingerprint density at radius 2 is 2.23 bits per heavy atom. The first-order valence-corrected chi connectivity index (χ1v) is 3.62. The van der Waals surface area contributed by atoms with Crippen molar-refractivity contribution in [2.75, 3.05) is 11.1 Å². The lowest BCUT2D eigenvalue weighted by molar-refractivity contribution is 0.0931. The number of nitrogens with one attached hydrogen (secondary N) is 2. The second kappa shape index (κ2) is 2.56. The summed E-state index contributed by atoms with van der Waals surface area (Å²) in [6.45, 7) is 0. The number of nitrogens with zero attached hydrogens (tertiary/aromatic N) is 2. The van der Waals surface area contributed by atoms with Crippen LogP contribution < -0.4 is 22.1 Å². The Hall–Kier alpha value is -1.89. The Bertz CT molecular complexity index is 364. The van der Waals surface area contributed by atoms with E-state index in [1.165, 1.54) is 6.20 Å². The van der Waals surface area contributed by atoms with Crippen molar-refractivity contribution in [1.82, 2.24) is 15.3 Å². The normalized spacial score (nSPS) is 20.1. The maximum absolute atomic E-state index is 11.3. The Labute approximate surface area is 73.5 Å². The minimum atomic E-state index is -0.627. The van der Waals surface area contributed by atoms with E-state index in [1.54, 1.807) is 0 Å². The first-order valence-electron chi connectivity index (χ1n) is 3.62. The van der Waals surface area contributed by atoms with E-state index in [0.717, 1.165) is 0 Å². The van der Waals surface area contributed by atoms with Crippen molar-refractivity contribution in [3.63, 3.8) is 0 Å². The zero-order valence-electron chi connectivity index (χ0n) is 6.61. The zero-order chi connectivity index (χ0) is 9.42. The van der Waals surface area contributed by atoms with Crippen molar-refractivity contribution in [2.24, 2.45) is 5.73 Å². The molecule has 0 saturated heterocycles. The van der Waals surface area contributed by atoms with Crippen LogP contribution >= 0.6 is 0 Å². The standard InChI is InChI=1S/C6H8N6O/c7-2-1-9-4-3(10-2)5(13)12-6(8)11-4/h1,6H,8H2,(H2,7,10)(H,9,11)(H,12,13). The van der Waals surface area contributed by atoms with Crippen LogP contribution in [0.15, 0.2) is 6.20 Å². The van der Waals surface area contributed by atoms with Crippen LogP contribution in [-0.2, 0) is 0 Å². The molecule has 1 aliphatic heterocycles. The molecule has 0 bridgehead atoms. The Kier molecular flexibility index (Phi) is 1.52. The van der Waals surface area contributed by atoms with Crippen molar-refractivity contribution in [1.29, 1.82) is 0 Å². The van der Waals surface area contributed by atoms with Crippen molar-refractivity contribution in [3.8, 4) is 0 Å². The predicted octanol–water partition coefficient (Wildman–Crippen LogP) is -1.54. The smallest absolute Gasteiger partial charge is 0.276 e. The fraction of sp³-hybridized carbons (Fsp3) is 0.167. The maximum atomic E-state index is 11.3. The summed E-state index contributed by atoms with van der Waals surface area (Å²) in [5.74, 6) is 0.178. The minimum Gasteiger partial charge on any atom is -0.382 e. The van der Waals surface area contributed by atoms with E-state index in [1.807, 2.05) is 0 Å². The minimum absolute atomic E-state index is 0.168. The van der Waals surface area contributed by atoms with Gasteiger partial charge in [-0.1, -0.05) is 0 Å². The molecule has 1 unspecified atom stereocenters. The van der Waals surface area contributed by atoms with E-state index in [9.17, 15) is 4.79 Å². The molecule has 0 aromatic carbocycles. The van der Waals surface area contributed by atoms with Gasteiger partial charge in [0.1, 0.15) is 5.82 Å². The summed E-state index contributed by atoms with van der Waals surface area (Å²) in [6, 6.07) is 0. The van der Waals surface area contributed by atoms with Crippen molar-refractivity contribution in [2.45, 2.75) is 6.29 Å². The van der Waals surface area contributed by atoms with Gasteiger partial charge in [0.15, 0.2) is 17.8 Å². The lowest BCUT2D eigenvalue weighted by atomic mass is 10.3. The summed E-state index contributed by atoms with van der Waals surface area (Å²) < 4.78 is 0. The van der Waals surface area contributed by atoms with Gasteiger partial charge < -0.3 is 16.4 Å². The first kappa shape index (κ1) is 7.74. The zero-order valence-corrected chi connectivity index (χ0v) is 6.61. The summed E-state index contributed by atoms with van der Waals surface area (Å²) in [4.78, 5) is 19.0. The molecular weight excluding hydrogens is 172 g/mol. The Balaban J connectivity index is 2.49. The van der Waals surface area contributed by atoms with E-state index < -0.39 is 6.29 Å². The first-order chi connectivity index (χ1) is 6.16. The maximum Gasteiger partial charge on any atom is 0.276 e. The van der Waals surface area contributed by atoms with Gasteiger partial charge in [0.2, 0.25) is 0 Å². The number of rotatable bonds is 0. The monoisotopic (exact) mass is 180 g/mol. The van der Waals surface area contributed by atoms with Gasteiger partial charge in [0.25, 0.3) is 5.91 Å². The van der Waals surface area contributed by atoms with Gasteiger partial charge in [-0.3, -0.25) is 10.5 Å². The summed E-state index contributed by atoms with van der Waals surface area (Å²) in [5, 5.41) is 5.17. The van der Waals surface area contributed by atoms with Crippen LogP contribution in [0, 0.1) is 0 Å². The summed E-state index contributed by atoms with van der Waals surface area (Å²) in [7, 11) is 0. The van der Waals surface area contributed by atoms with Crippen LogP contribution in [0.2, 0.25) is 0 Å². The lowest BCUT2D eigenvalue weighted by Crippen LogP contribution is -2.51. The molecule has 68 valence electrons. The highest BCUT2D eigenvalue weighted by atomic mass is 16.2. The highest BCUT2D eigenvalue weighted by Crippen LogP contribution is 2.14. The van der Waals surface area contributed by atoms with Gasteiger partial charge in [-0.15, -0.1) is 0 Å². The van der Waals surface area contributed by atoms with Crippen LogP contribution in [0.1, 0.15) is 10.5 Å². The molecule has 1 aromatic heterocycles. The number of carbonyl (C=O) groups excluding carboxylic acids is 1. The van der Waals surface area contributed by atoms with Crippen molar-refractivity contribution in [3.05, 3.63) is 11.9 Å². The molecule has 0 fully saturated rings. The van der Waals surface area contributed by atoms with E-state index in [2.05, 4.69) is 20.6 Å². The number of fused-ring (bicyclic) bond motifs is 1. The Morgan fingerprint density at radius 1 is 1.46 bits per heavy atom. The second-order valence-electron chi connectivity index (χ2n) is 2.59. The average molecular weight is 180 g/mol. The molecule has 2 rings (SSSR count). The molecular formula is C6H8N6O. The van der Waals surface area contributed by atoms with Gasteiger partial charge in [0.05, 0.1) is 6.20 Å². The van der Waals surface area contributed by atoms with Gasteiger partial charge in [-0.05, 0) is 0 Å². The highest BCUT2D eigenvalue weighted by Gasteiger charge is 2.23. The molecule has 2 heterocycles. The molecule has 7 heteroatoms. The third kappa shape index (κ3) is 1.25. The van der Waals surface area contributed by atoms with Crippen molar-refractivity contribution < 1.29 is 4.79 Å². The third-order valence-electron chi connectivity index (χ3n) is 1.59. The predicted molar refractivity (Wildman–Crippen MR) is 45.5 cm³/mol. The number of hydrogen-bond donors (Lipinski definition) is 4. The van der Waals surface area contributed by atoms with Crippen LogP contribution in [0.3, 0.4) is 0 Å². The molecule has 7 nitrogen and oxygen atoms in total. The quantitative estimate of drug-likeness (QED) is 0.384. The molecule has 0 radical (unpaired) electrons. The fourth-order valence-corrected chi connectivity index (χ4v) is 1.06. The number of hydrogen-bond acceptors (Lipinski definition) is 6. The molecule has 0 spiro atoms. The Morgan fingerprint density at radius 3 is 3.00 bits per heavy atom. The second-order valence-corrected chi connectivity index (χ2v) is 2.59. The van der Waals surface area contributed by atoms with Gasteiger partial charge in [-0.2, -0.15) is 0 Å². The molecule has 1 aliphatic rings. The van der Waals surface area contributed by atoms with Crippen LogP contribution in [-0.4, -0.2) is 22.2 Å². The summed E-state index contributed by atoms with van der Waals surface area (Å²) in [6.07, 6.45) is 0.731. The number of anilines is 2. The molecule has 6 N–H and O–H groups in total. The highest BCUT2D eigenvalue weighted by molar-refractivity contribution is 5.98. The van der Waals surface area contributed by atoms with Gasteiger partial charge in [-0.25, -0.2) is 9.97 Å². The average Bonchev–Trinajstić information content (AvgIpc) is 2.06. The number of nitrogen functional groups attached to an aromatic ring is 1. The molecule has 0 saturated carbocycles.